The van der Waals surface area contributed by atoms with Gasteiger partial charge in [0.15, 0.2) is 5.82 Å². The van der Waals surface area contributed by atoms with E-state index in [-0.39, 0.29) is 12.5 Å². The Labute approximate surface area is 77.9 Å². The van der Waals surface area contributed by atoms with E-state index in [1.54, 1.807) is 12.3 Å². The van der Waals surface area contributed by atoms with E-state index in [4.69, 9.17) is 0 Å². The smallest absolute Gasteiger partial charge is 0.256 e. The second-order valence-corrected chi connectivity index (χ2v) is 3.11. The topological polar surface area (TPSA) is 45.2 Å². The standard InChI is InChI=1S/C7H6BrN3O/c8-11-5-2-1-3-9-7(5)10-4-6(11)12/h1-3H,4H2,(H,9,10). The lowest BCUT2D eigenvalue weighted by Crippen LogP contribution is -2.33. The summed E-state index contributed by atoms with van der Waals surface area (Å²) >= 11 is 3.16. The largest absolute Gasteiger partial charge is 0.359 e. The van der Waals surface area contributed by atoms with E-state index < -0.39 is 0 Å². The van der Waals surface area contributed by atoms with Crippen molar-refractivity contribution in [1.29, 1.82) is 0 Å². The second-order valence-electron chi connectivity index (χ2n) is 2.40. The first-order valence-electron chi connectivity index (χ1n) is 3.46. The van der Waals surface area contributed by atoms with Gasteiger partial charge in [0, 0.05) is 6.20 Å². The number of aromatic nitrogens is 1. The Morgan fingerprint density at radius 1 is 1.67 bits per heavy atom. The molecular formula is C7H6BrN3O. The van der Waals surface area contributed by atoms with Crippen molar-refractivity contribution in [2.45, 2.75) is 0 Å². The Morgan fingerprint density at radius 2 is 2.50 bits per heavy atom. The molecule has 1 N–H and O–H groups in total. The maximum absolute atomic E-state index is 11.1. The number of rotatable bonds is 0. The van der Waals surface area contributed by atoms with E-state index in [0.717, 1.165) is 11.5 Å². The van der Waals surface area contributed by atoms with Gasteiger partial charge in [-0.2, -0.15) is 0 Å². The van der Waals surface area contributed by atoms with Crippen LogP contribution in [-0.4, -0.2) is 17.4 Å². The zero-order valence-corrected chi connectivity index (χ0v) is 7.71. The maximum atomic E-state index is 11.1. The Hall–Kier alpha value is -1.10. The number of carbonyl (C=O) groups excluding carboxylic acids is 1. The van der Waals surface area contributed by atoms with Crippen molar-refractivity contribution in [2.75, 3.05) is 15.8 Å². The predicted molar refractivity (Wildman–Crippen MR) is 49.1 cm³/mol. The average Bonchev–Trinajstić information content (AvgIpc) is 2.12. The third-order valence-electron chi connectivity index (χ3n) is 1.62. The first-order chi connectivity index (χ1) is 5.79. The lowest BCUT2D eigenvalue weighted by Gasteiger charge is -2.22. The van der Waals surface area contributed by atoms with E-state index in [1.165, 1.54) is 3.93 Å². The molecule has 0 radical (unpaired) electrons. The van der Waals surface area contributed by atoms with E-state index in [2.05, 4.69) is 26.4 Å². The SMILES string of the molecule is O=C1CNc2ncccc2N1Br. The van der Waals surface area contributed by atoms with Gasteiger partial charge in [0.05, 0.1) is 28.4 Å². The minimum atomic E-state index is -0.0181. The number of nitrogens with zero attached hydrogens (tertiary/aromatic N) is 2. The molecular weight excluding hydrogens is 222 g/mol. The van der Waals surface area contributed by atoms with Gasteiger partial charge in [-0.1, -0.05) is 0 Å². The molecule has 1 amide bonds. The molecule has 2 rings (SSSR count). The van der Waals surface area contributed by atoms with Gasteiger partial charge < -0.3 is 5.32 Å². The van der Waals surface area contributed by atoms with Crippen LogP contribution in [0.15, 0.2) is 18.3 Å². The molecule has 0 spiro atoms. The Kier molecular flexibility index (Phi) is 1.73. The van der Waals surface area contributed by atoms with E-state index in [1.807, 2.05) is 6.07 Å². The minimum Gasteiger partial charge on any atom is -0.359 e. The fourth-order valence-corrected chi connectivity index (χ4v) is 1.47. The zero-order chi connectivity index (χ0) is 8.55. The highest BCUT2D eigenvalue weighted by Crippen LogP contribution is 2.28. The quantitative estimate of drug-likeness (QED) is 0.677. The second kappa shape index (κ2) is 2.75. The molecule has 0 aromatic carbocycles. The van der Waals surface area contributed by atoms with Crippen molar-refractivity contribution in [3.05, 3.63) is 18.3 Å². The number of fused-ring (bicyclic) bond motifs is 1. The van der Waals surface area contributed by atoms with Crippen molar-refractivity contribution in [3.8, 4) is 0 Å². The number of hydrogen-bond acceptors (Lipinski definition) is 3. The monoisotopic (exact) mass is 227 g/mol. The highest BCUT2D eigenvalue weighted by molar-refractivity contribution is 9.10. The predicted octanol–water partition coefficient (Wildman–Crippen LogP) is 1.15. The van der Waals surface area contributed by atoms with Gasteiger partial charge in [0.25, 0.3) is 5.91 Å². The molecule has 0 saturated heterocycles. The molecule has 1 aliphatic heterocycles. The molecule has 1 aliphatic rings. The summed E-state index contributed by atoms with van der Waals surface area (Å²) in [6.45, 7) is 0.287. The summed E-state index contributed by atoms with van der Waals surface area (Å²) < 4.78 is 1.42. The maximum Gasteiger partial charge on any atom is 0.256 e. The molecule has 0 fully saturated rings. The normalized spacial score (nSPS) is 15.4. The first kappa shape index (κ1) is 7.54. The van der Waals surface area contributed by atoms with Crippen LogP contribution in [0.5, 0.6) is 0 Å². The number of halogens is 1. The molecule has 2 heterocycles. The van der Waals surface area contributed by atoms with Gasteiger partial charge in [0.1, 0.15) is 0 Å². The van der Waals surface area contributed by atoms with Crippen LogP contribution in [0, 0.1) is 0 Å². The molecule has 0 unspecified atom stereocenters. The van der Waals surface area contributed by atoms with Crippen LogP contribution in [-0.2, 0) is 4.79 Å². The Bertz CT molecular complexity index is 328. The molecule has 12 heavy (non-hydrogen) atoms. The van der Waals surface area contributed by atoms with Crippen molar-refractivity contribution in [1.82, 2.24) is 4.98 Å². The summed E-state index contributed by atoms with van der Waals surface area (Å²) in [5, 5.41) is 2.91. The number of amides is 1. The summed E-state index contributed by atoms with van der Waals surface area (Å²) in [6, 6.07) is 3.61. The molecule has 0 saturated carbocycles. The van der Waals surface area contributed by atoms with Gasteiger partial charge in [-0.25, -0.2) is 8.91 Å². The first-order valence-corrected chi connectivity index (χ1v) is 4.17. The summed E-state index contributed by atoms with van der Waals surface area (Å²) in [7, 11) is 0. The van der Waals surface area contributed by atoms with Gasteiger partial charge in [-0.05, 0) is 12.1 Å². The van der Waals surface area contributed by atoms with E-state index in [9.17, 15) is 4.79 Å². The van der Waals surface area contributed by atoms with Crippen molar-refractivity contribution >= 4 is 33.6 Å². The minimum absolute atomic E-state index is 0.0181. The van der Waals surface area contributed by atoms with E-state index >= 15 is 0 Å². The average molecular weight is 228 g/mol. The van der Waals surface area contributed by atoms with Crippen molar-refractivity contribution in [2.24, 2.45) is 0 Å². The van der Waals surface area contributed by atoms with E-state index in [0.29, 0.717) is 0 Å². The third-order valence-corrected chi connectivity index (χ3v) is 2.40. The van der Waals surface area contributed by atoms with Gasteiger partial charge >= 0.3 is 0 Å². The Balaban J connectivity index is 2.48. The van der Waals surface area contributed by atoms with Crippen LogP contribution < -0.4 is 9.24 Å². The van der Waals surface area contributed by atoms with Crippen LogP contribution in [0.1, 0.15) is 0 Å². The van der Waals surface area contributed by atoms with Crippen molar-refractivity contribution in [3.63, 3.8) is 0 Å². The molecule has 1 aromatic rings. The van der Waals surface area contributed by atoms with Crippen LogP contribution in [0.4, 0.5) is 11.5 Å². The summed E-state index contributed by atoms with van der Waals surface area (Å²) in [4.78, 5) is 15.2. The summed E-state index contributed by atoms with van der Waals surface area (Å²) in [5.41, 5.74) is 0.758. The van der Waals surface area contributed by atoms with Crippen molar-refractivity contribution < 1.29 is 4.79 Å². The number of anilines is 2. The molecule has 0 bridgehead atoms. The molecule has 62 valence electrons. The fourth-order valence-electron chi connectivity index (χ4n) is 1.05. The summed E-state index contributed by atoms with van der Waals surface area (Å²) in [6.07, 6.45) is 1.68. The highest BCUT2D eigenvalue weighted by Gasteiger charge is 2.21. The van der Waals surface area contributed by atoms with Crippen LogP contribution in [0.2, 0.25) is 0 Å². The van der Waals surface area contributed by atoms with Crippen LogP contribution in [0.3, 0.4) is 0 Å². The third kappa shape index (κ3) is 1.06. The molecule has 0 aliphatic carbocycles. The molecule has 5 heteroatoms. The molecule has 4 nitrogen and oxygen atoms in total. The number of carbonyl (C=O) groups is 1. The number of hydrogen-bond donors (Lipinski definition) is 1. The lowest BCUT2D eigenvalue weighted by molar-refractivity contribution is -0.115. The Morgan fingerprint density at radius 3 is 3.33 bits per heavy atom. The molecule has 0 atom stereocenters. The van der Waals surface area contributed by atoms with Gasteiger partial charge in [-0.3, -0.25) is 4.79 Å². The molecule has 1 aromatic heterocycles. The fraction of sp³-hybridized carbons (Fsp3) is 0.143. The van der Waals surface area contributed by atoms with Gasteiger partial charge in [0.2, 0.25) is 0 Å². The van der Waals surface area contributed by atoms with Crippen LogP contribution >= 0.6 is 16.1 Å². The number of pyridine rings is 1. The lowest BCUT2D eigenvalue weighted by atomic mass is 10.3. The number of nitrogens with one attached hydrogen (secondary N) is 1. The summed E-state index contributed by atoms with van der Waals surface area (Å²) in [5.74, 6) is 0.712. The zero-order valence-electron chi connectivity index (χ0n) is 6.12. The highest BCUT2D eigenvalue weighted by atomic mass is 79.9. The van der Waals surface area contributed by atoms with Crippen LogP contribution in [0.25, 0.3) is 0 Å². The van der Waals surface area contributed by atoms with Gasteiger partial charge in [-0.15, -0.1) is 0 Å².